The lowest BCUT2D eigenvalue weighted by Gasteiger charge is -2.07. The molecule has 0 unspecified atom stereocenters. The van der Waals surface area contributed by atoms with E-state index in [1.807, 2.05) is 13.0 Å². The highest BCUT2D eigenvalue weighted by molar-refractivity contribution is 5.90. The van der Waals surface area contributed by atoms with Gasteiger partial charge in [0.05, 0.1) is 6.61 Å². The predicted molar refractivity (Wildman–Crippen MR) is 62.9 cm³/mol. The van der Waals surface area contributed by atoms with Crippen LogP contribution >= 0.6 is 0 Å². The third kappa shape index (κ3) is 3.77. The fourth-order valence-electron chi connectivity index (χ4n) is 1.32. The monoisotopic (exact) mass is 220 g/mol. The number of unbranched alkanes of at least 4 members (excludes halogenated alkanes) is 1. The van der Waals surface area contributed by atoms with Crippen LogP contribution in [0.2, 0.25) is 0 Å². The molecule has 0 fully saturated rings. The number of carboxylic acid groups (broad SMARTS) is 1. The van der Waals surface area contributed by atoms with Gasteiger partial charge in [-0.3, -0.25) is 0 Å². The number of aromatic carboxylic acids is 1. The van der Waals surface area contributed by atoms with E-state index >= 15 is 0 Å². The van der Waals surface area contributed by atoms with Gasteiger partial charge >= 0.3 is 5.97 Å². The molecule has 0 atom stereocenters. The summed E-state index contributed by atoms with van der Waals surface area (Å²) in [5.74, 6) is -0.514. The van der Waals surface area contributed by atoms with Gasteiger partial charge < -0.3 is 9.84 Å². The van der Waals surface area contributed by atoms with Crippen molar-refractivity contribution in [3.63, 3.8) is 0 Å². The Labute approximate surface area is 95.4 Å². The van der Waals surface area contributed by atoms with E-state index < -0.39 is 5.97 Å². The standard InChI is InChI=1S/C13H16O3/c1-2-3-4-7-10-16-12-9-6-5-8-11(12)13(14)15/h2-3,5-6,8-9H,4,7,10H2,1H3,(H,14,15). The number of carboxylic acids is 1. The van der Waals surface area contributed by atoms with Gasteiger partial charge in [-0.2, -0.15) is 0 Å². The second-order valence-corrected chi connectivity index (χ2v) is 3.36. The van der Waals surface area contributed by atoms with E-state index in [0.717, 1.165) is 12.8 Å². The van der Waals surface area contributed by atoms with Crippen LogP contribution in [-0.4, -0.2) is 17.7 Å². The first-order chi connectivity index (χ1) is 7.75. The van der Waals surface area contributed by atoms with Crippen LogP contribution in [0.3, 0.4) is 0 Å². The van der Waals surface area contributed by atoms with Crippen LogP contribution < -0.4 is 4.74 Å². The van der Waals surface area contributed by atoms with Gasteiger partial charge in [0.15, 0.2) is 0 Å². The molecule has 0 saturated carbocycles. The Bertz CT molecular complexity index is 369. The minimum atomic E-state index is -0.955. The third-order valence-electron chi connectivity index (χ3n) is 2.13. The molecule has 1 aromatic carbocycles. The van der Waals surface area contributed by atoms with Crippen molar-refractivity contribution in [2.45, 2.75) is 19.8 Å². The molecule has 86 valence electrons. The Kier molecular flexibility index (Phi) is 5.12. The van der Waals surface area contributed by atoms with Crippen molar-refractivity contribution in [3.8, 4) is 5.75 Å². The molecule has 1 rings (SSSR count). The molecule has 0 aliphatic rings. The SMILES string of the molecule is CC=CCCCOc1ccccc1C(=O)O. The number of hydrogen-bond donors (Lipinski definition) is 1. The maximum Gasteiger partial charge on any atom is 0.339 e. The van der Waals surface area contributed by atoms with Crippen molar-refractivity contribution >= 4 is 5.97 Å². The smallest absolute Gasteiger partial charge is 0.339 e. The molecule has 0 heterocycles. The fraction of sp³-hybridized carbons (Fsp3) is 0.308. The molecular weight excluding hydrogens is 204 g/mol. The largest absolute Gasteiger partial charge is 0.493 e. The molecule has 1 aromatic rings. The topological polar surface area (TPSA) is 46.5 Å². The van der Waals surface area contributed by atoms with Crippen LogP contribution in [0.15, 0.2) is 36.4 Å². The summed E-state index contributed by atoms with van der Waals surface area (Å²) in [4.78, 5) is 10.9. The molecule has 0 aliphatic heterocycles. The quantitative estimate of drug-likeness (QED) is 0.591. The molecule has 0 bridgehead atoms. The van der Waals surface area contributed by atoms with Crippen molar-refractivity contribution in [1.82, 2.24) is 0 Å². The zero-order chi connectivity index (χ0) is 11.8. The summed E-state index contributed by atoms with van der Waals surface area (Å²) in [6.45, 7) is 2.51. The molecule has 0 amide bonds. The second-order valence-electron chi connectivity index (χ2n) is 3.36. The number of carbonyl (C=O) groups is 1. The number of rotatable bonds is 6. The Morgan fingerprint density at radius 3 is 2.88 bits per heavy atom. The van der Waals surface area contributed by atoms with Crippen LogP contribution in [0.5, 0.6) is 5.75 Å². The van der Waals surface area contributed by atoms with Gasteiger partial charge in [0, 0.05) is 0 Å². The molecule has 0 radical (unpaired) electrons. The van der Waals surface area contributed by atoms with Crippen molar-refractivity contribution in [3.05, 3.63) is 42.0 Å². The van der Waals surface area contributed by atoms with Gasteiger partial charge in [-0.05, 0) is 31.9 Å². The zero-order valence-corrected chi connectivity index (χ0v) is 9.35. The van der Waals surface area contributed by atoms with Crippen molar-refractivity contribution in [1.29, 1.82) is 0 Å². The van der Waals surface area contributed by atoms with Gasteiger partial charge in [-0.25, -0.2) is 4.79 Å². The summed E-state index contributed by atoms with van der Waals surface area (Å²) in [6, 6.07) is 6.69. The van der Waals surface area contributed by atoms with Gasteiger partial charge in [0.1, 0.15) is 11.3 Å². The van der Waals surface area contributed by atoms with Gasteiger partial charge in [0.2, 0.25) is 0 Å². The molecule has 3 heteroatoms. The summed E-state index contributed by atoms with van der Waals surface area (Å²) in [7, 11) is 0. The first kappa shape index (κ1) is 12.3. The Morgan fingerprint density at radius 2 is 2.19 bits per heavy atom. The van der Waals surface area contributed by atoms with Crippen molar-refractivity contribution in [2.24, 2.45) is 0 Å². The summed E-state index contributed by atoms with van der Waals surface area (Å²) < 4.78 is 5.43. The van der Waals surface area contributed by atoms with Crippen LogP contribution in [0.4, 0.5) is 0 Å². The Morgan fingerprint density at radius 1 is 1.44 bits per heavy atom. The maximum atomic E-state index is 10.9. The maximum absolute atomic E-state index is 10.9. The van der Waals surface area contributed by atoms with Gasteiger partial charge in [0.25, 0.3) is 0 Å². The summed E-state index contributed by atoms with van der Waals surface area (Å²) >= 11 is 0. The van der Waals surface area contributed by atoms with Crippen LogP contribution in [0, 0.1) is 0 Å². The lowest BCUT2D eigenvalue weighted by molar-refractivity contribution is 0.0692. The third-order valence-corrected chi connectivity index (χ3v) is 2.13. The number of ether oxygens (including phenoxy) is 1. The van der Waals surface area contributed by atoms with Gasteiger partial charge in [-0.15, -0.1) is 0 Å². The minimum absolute atomic E-state index is 0.216. The molecule has 3 nitrogen and oxygen atoms in total. The lowest BCUT2D eigenvalue weighted by Crippen LogP contribution is -2.03. The lowest BCUT2D eigenvalue weighted by atomic mass is 10.2. The number of benzene rings is 1. The van der Waals surface area contributed by atoms with Crippen LogP contribution in [0.25, 0.3) is 0 Å². The van der Waals surface area contributed by atoms with E-state index in [0.29, 0.717) is 12.4 Å². The molecule has 0 saturated heterocycles. The van der Waals surface area contributed by atoms with E-state index in [-0.39, 0.29) is 5.56 Å². The van der Waals surface area contributed by atoms with Gasteiger partial charge in [-0.1, -0.05) is 24.3 Å². The average Bonchev–Trinajstić information content (AvgIpc) is 2.29. The second kappa shape index (κ2) is 6.67. The van der Waals surface area contributed by atoms with E-state index in [4.69, 9.17) is 9.84 Å². The Hall–Kier alpha value is -1.77. The highest BCUT2D eigenvalue weighted by atomic mass is 16.5. The average molecular weight is 220 g/mol. The highest BCUT2D eigenvalue weighted by Gasteiger charge is 2.09. The molecule has 16 heavy (non-hydrogen) atoms. The van der Waals surface area contributed by atoms with E-state index in [1.165, 1.54) is 0 Å². The first-order valence-electron chi connectivity index (χ1n) is 5.32. The van der Waals surface area contributed by atoms with Crippen LogP contribution in [0.1, 0.15) is 30.1 Å². The predicted octanol–water partition coefficient (Wildman–Crippen LogP) is 3.12. The fourth-order valence-corrected chi connectivity index (χ4v) is 1.32. The number of para-hydroxylation sites is 1. The number of allylic oxidation sites excluding steroid dienone is 2. The molecule has 1 N–H and O–H groups in total. The summed E-state index contributed by atoms with van der Waals surface area (Å²) in [5.41, 5.74) is 0.216. The van der Waals surface area contributed by atoms with E-state index in [2.05, 4.69) is 6.08 Å². The van der Waals surface area contributed by atoms with Crippen LogP contribution in [-0.2, 0) is 0 Å². The van der Waals surface area contributed by atoms with E-state index in [1.54, 1.807) is 24.3 Å². The summed E-state index contributed by atoms with van der Waals surface area (Å²) in [6.07, 6.45) is 5.89. The number of hydrogen-bond acceptors (Lipinski definition) is 2. The zero-order valence-electron chi connectivity index (χ0n) is 9.35. The molecule has 0 aromatic heterocycles. The molecule has 0 spiro atoms. The van der Waals surface area contributed by atoms with E-state index in [9.17, 15) is 4.79 Å². The molecule has 0 aliphatic carbocycles. The minimum Gasteiger partial charge on any atom is -0.493 e. The highest BCUT2D eigenvalue weighted by Crippen LogP contribution is 2.17. The Balaban J connectivity index is 2.50. The van der Waals surface area contributed by atoms with Crippen molar-refractivity contribution in [2.75, 3.05) is 6.61 Å². The van der Waals surface area contributed by atoms with Crippen molar-refractivity contribution < 1.29 is 14.6 Å². The normalized spacial score (nSPS) is 10.6. The molecular formula is C13H16O3. The summed E-state index contributed by atoms with van der Waals surface area (Å²) in [5, 5.41) is 8.92. The first-order valence-corrected chi connectivity index (χ1v) is 5.32.